The summed E-state index contributed by atoms with van der Waals surface area (Å²) in [6.45, 7) is 4.94. The summed E-state index contributed by atoms with van der Waals surface area (Å²) in [6.07, 6.45) is 0.654. The zero-order valence-corrected chi connectivity index (χ0v) is 14.3. The molecule has 128 valence electrons. The Kier molecular flexibility index (Phi) is 6.12. The van der Waals surface area contributed by atoms with E-state index in [-0.39, 0.29) is 23.1 Å². The summed E-state index contributed by atoms with van der Waals surface area (Å²) in [5.74, 6) is 0.789. The van der Waals surface area contributed by atoms with Crippen LogP contribution in [-0.2, 0) is 13.0 Å². The summed E-state index contributed by atoms with van der Waals surface area (Å²) in [5, 5.41) is 6.97. The lowest BCUT2D eigenvalue weighted by molar-refractivity contribution is 0.0946. The minimum Gasteiger partial charge on any atom is -0.496 e. The molecule has 1 aromatic carbocycles. The third kappa shape index (κ3) is 4.68. The smallest absolute Gasteiger partial charge is 0.271 e. The SMILES string of the molecule is COc1ccccc1CCNC(=O)c1ccc(=O)n(CC(C)C)n1. The van der Waals surface area contributed by atoms with Gasteiger partial charge in [0.05, 0.1) is 7.11 Å². The number of amides is 1. The van der Waals surface area contributed by atoms with Gasteiger partial charge in [0, 0.05) is 19.2 Å². The van der Waals surface area contributed by atoms with Gasteiger partial charge in [0.1, 0.15) is 11.4 Å². The number of nitrogens with one attached hydrogen (secondary N) is 1. The molecule has 1 N–H and O–H groups in total. The molecule has 24 heavy (non-hydrogen) atoms. The van der Waals surface area contributed by atoms with E-state index in [4.69, 9.17) is 4.74 Å². The molecule has 0 saturated heterocycles. The lowest BCUT2D eigenvalue weighted by atomic mass is 10.1. The van der Waals surface area contributed by atoms with Gasteiger partial charge < -0.3 is 10.1 Å². The van der Waals surface area contributed by atoms with Gasteiger partial charge in [-0.2, -0.15) is 5.10 Å². The van der Waals surface area contributed by atoms with Gasteiger partial charge in [-0.05, 0) is 30.0 Å². The number of hydrogen-bond acceptors (Lipinski definition) is 4. The van der Waals surface area contributed by atoms with Crippen molar-refractivity contribution in [1.82, 2.24) is 15.1 Å². The number of methoxy groups -OCH3 is 1. The van der Waals surface area contributed by atoms with Crippen LogP contribution in [0.5, 0.6) is 5.75 Å². The molecule has 0 aliphatic rings. The number of para-hydroxylation sites is 1. The van der Waals surface area contributed by atoms with E-state index in [1.807, 2.05) is 38.1 Å². The van der Waals surface area contributed by atoms with Crippen molar-refractivity contribution in [3.05, 3.63) is 58.0 Å². The summed E-state index contributed by atoms with van der Waals surface area (Å²) >= 11 is 0. The molecule has 0 unspecified atom stereocenters. The quantitative estimate of drug-likeness (QED) is 0.842. The zero-order chi connectivity index (χ0) is 17.5. The fourth-order valence-electron chi connectivity index (χ4n) is 2.36. The monoisotopic (exact) mass is 329 g/mol. The van der Waals surface area contributed by atoms with Gasteiger partial charge in [-0.25, -0.2) is 4.68 Å². The molecule has 1 heterocycles. The highest BCUT2D eigenvalue weighted by Crippen LogP contribution is 2.17. The molecule has 0 saturated carbocycles. The molecule has 2 rings (SSSR count). The third-order valence-electron chi connectivity index (χ3n) is 3.51. The first-order chi connectivity index (χ1) is 11.5. The highest BCUT2D eigenvalue weighted by atomic mass is 16.5. The number of nitrogens with zero attached hydrogens (tertiary/aromatic N) is 2. The van der Waals surface area contributed by atoms with Crippen molar-refractivity contribution in [1.29, 1.82) is 0 Å². The number of carbonyl (C=O) groups excluding carboxylic acids is 1. The molecule has 6 heteroatoms. The number of aromatic nitrogens is 2. The van der Waals surface area contributed by atoms with E-state index < -0.39 is 0 Å². The topological polar surface area (TPSA) is 73.2 Å². The van der Waals surface area contributed by atoms with E-state index in [1.54, 1.807) is 7.11 Å². The maximum atomic E-state index is 12.2. The summed E-state index contributed by atoms with van der Waals surface area (Å²) in [4.78, 5) is 24.0. The average molecular weight is 329 g/mol. The summed E-state index contributed by atoms with van der Waals surface area (Å²) in [7, 11) is 1.62. The van der Waals surface area contributed by atoms with Crippen LogP contribution in [0, 0.1) is 5.92 Å². The van der Waals surface area contributed by atoms with Crippen molar-refractivity contribution < 1.29 is 9.53 Å². The molecule has 2 aromatic rings. The van der Waals surface area contributed by atoms with E-state index in [9.17, 15) is 9.59 Å². The molecule has 0 atom stereocenters. The molecule has 0 fully saturated rings. The van der Waals surface area contributed by atoms with Gasteiger partial charge in [-0.15, -0.1) is 0 Å². The molecule has 0 aliphatic heterocycles. The second-order valence-corrected chi connectivity index (χ2v) is 5.95. The molecule has 0 bridgehead atoms. The Balaban J connectivity index is 1.99. The predicted molar refractivity (Wildman–Crippen MR) is 92.4 cm³/mol. The van der Waals surface area contributed by atoms with Crippen LogP contribution < -0.4 is 15.6 Å². The normalized spacial score (nSPS) is 10.7. The lowest BCUT2D eigenvalue weighted by Gasteiger charge is -2.10. The highest BCUT2D eigenvalue weighted by Gasteiger charge is 2.10. The molecular weight excluding hydrogens is 306 g/mol. The maximum Gasteiger partial charge on any atom is 0.271 e. The van der Waals surface area contributed by atoms with Gasteiger partial charge >= 0.3 is 0 Å². The van der Waals surface area contributed by atoms with Crippen molar-refractivity contribution in [3.8, 4) is 5.75 Å². The second-order valence-electron chi connectivity index (χ2n) is 5.95. The molecule has 0 radical (unpaired) electrons. The van der Waals surface area contributed by atoms with Crippen LogP contribution in [0.4, 0.5) is 0 Å². The Morgan fingerprint density at radius 2 is 2.00 bits per heavy atom. The molecule has 0 aliphatic carbocycles. The summed E-state index contributed by atoms with van der Waals surface area (Å²) < 4.78 is 6.62. The van der Waals surface area contributed by atoms with E-state index in [2.05, 4.69) is 10.4 Å². The first-order valence-corrected chi connectivity index (χ1v) is 7.99. The number of benzene rings is 1. The van der Waals surface area contributed by atoms with Crippen LogP contribution in [0.1, 0.15) is 29.9 Å². The van der Waals surface area contributed by atoms with E-state index >= 15 is 0 Å². The zero-order valence-electron chi connectivity index (χ0n) is 14.3. The largest absolute Gasteiger partial charge is 0.496 e. The minimum atomic E-state index is -0.289. The molecule has 1 amide bonds. The van der Waals surface area contributed by atoms with Gasteiger partial charge in [0.2, 0.25) is 0 Å². The van der Waals surface area contributed by atoms with Gasteiger partial charge in [-0.3, -0.25) is 9.59 Å². The maximum absolute atomic E-state index is 12.2. The van der Waals surface area contributed by atoms with Crippen molar-refractivity contribution in [2.75, 3.05) is 13.7 Å². The summed E-state index contributed by atoms with van der Waals surface area (Å²) in [6, 6.07) is 10.5. The van der Waals surface area contributed by atoms with E-state index in [0.29, 0.717) is 19.5 Å². The first-order valence-electron chi connectivity index (χ1n) is 7.99. The Labute approximate surface area is 141 Å². The molecular formula is C18H23N3O3. The first kappa shape index (κ1) is 17.7. The van der Waals surface area contributed by atoms with Gasteiger partial charge in [-0.1, -0.05) is 32.0 Å². The van der Waals surface area contributed by atoms with Crippen LogP contribution in [0.25, 0.3) is 0 Å². The molecule has 6 nitrogen and oxygen atoms in total. The number of hydrogen-bond donors (Lipinski definition) is 1. The highest BCUT2D eigenvalue weighted by molar-refractivity contribution is 5.91. The van der Waals surface area contributed by atoms with Gasteiger partial charge in [0.15, 0.2) is 0 Å². The Bertz CT molecular complexity index is 753. The van der Waals surface area contributed by atoms with Crippen LogP contribution in [0.2, 0.25) is 0 Å². The van der Waals surface area contributed by atoms with Crippen molar-refractivity contribution in [3.63, 3.8) is 0 Å². The van der Waals surface area contributed by atoms with Crippen LogP contribution in [-0.4, -0.2) is 29.3 Å². The fraction of sp³-hybridized carbons (Fsp3) is 0.389. The number of ether oxygens (including phenoxy) is 1. The Hall–Kier alpha value is -2.63. The minimum absolute atomic E-state index is 0.200. The molecule has 0 spiro atoms. The van der Waals surface area contributed by atoms with Crippen LogP contribution >= 0.6 is 0 Å². The Morgan fingerprint density at radius 1 is 1.25 bits per heavy atom. The number of carbonyl (C=O) groups is 1. The molecule has 1 aromatic heterocycles. The van der Waals surface area contributed by atoms with Crippen molar-refractivity contribution in [2.24, 2.45) is 5.92 Å². The number of rotatable bonds is 7. The lowest BCUT2D eigenvalue weighted by Crippen LogP contribution is -2.31. The fourth-order valence-corrected chi connectivity index (χ4v) is 2.36. The van der Waals surface area contributed by atoms with Crippen LogP contribution in [0.15, 0.2) is 41.2 Å². The second kappa shape index (κ2) is 8.29. The van der Waals surface area contributed by atoms with E-state index in [1.165, 1.54) is 16.8 Å². The van der Waals surface area contributed by atoms with Crippen molar-refractivity contribution >= 4 is 5.91 Å². The third-order valence-corrected chi connectivity index (χ3v) is 3.51. The summed E-state index contributed by atoms with van der Waals surface area (Å²) in [5.41, 5.74) is 1.07. The predicted octanol–water partition coefficient (Wildman–Crippen LogP) is 1.88. The van der Waals surface area contributed by atoms with Gasteiger partial charge in [0.25, 0.3) is 11.5 Å². The Morgan fingerprint density at radius 3 is 2.71 bits per heavy atom. The standard InChI is InChI=1S/C18H23N3O3/c1-13(2)12-21-17(22)9-8-15(20-21)18(23)19-11-10-14-6-4-5-7-16(14)24-3/h4-9,13H,10-12H2,1-3H3,(H,19,23). The van der Waals surface area contributed by atoms with E-state index in [0.717, 1.165) is 11.3 Å². The van der Waals surface area contributed by atoms with Crippen LogP contribution in [0.3, 0.4) is 0 Å². The van der Waals surface area contributed by atoms with Crippen molar-refractivity contribution in [2.45, 2.75) is 26.8 Å². The average Bonchev–Trinajstić information content (AvgIpc) is 2.56.